The molecule has 1 aromatic carbocycles. The summed E-state index contributed by atoms with van der Waals surface area (Å²) in [4.78, 5) is 25.2. The Balaban J connectivity index is 1.48. The summed E-state index contributed by atoms with van der Waals surface area (Å²) in [6.45, 7) is 4.27. The van der Waals surface area contributed by atoms with E-state index in [-0.39, 0.29) is 18.4 Å². The fraction of sp³-hybridized carbons (Fsp3) is 0.286. The van der Waals surface area contributed by atoms with E-state index in [2.05, 4.69) is 34.1 Å². The molecule has 0 aliphatic carbocycles. The summed E-state index contributed by atoms with van der Waals surface area (Å²) in [7, 11) is 0. The highest BCUT2D eigenvalue weighted by Gasteiger charge is 2.20. The first-order chi connectivity index (χ1) is 13.6. The zero-order valence-corrected chi connectivity index (χ0v) is 16.6. The van der Waals surface area contributed by atoms with E-state index in [1.807, 2.05) is 41.8 Å². The van der Waals surface area contributed by atoms with Crippen molar-refractivity contribution in [3.05, 3.63) is 59.6 Å². The number of fused-ring (bicyclic) bond motifs is 1. The summed E-state index contributed by atoms with van der Waals surface area (Å²) >= 11 is 1.47. The number of furan rings is 1. The number of nitrogens with zero attached hydrogens (tertiary/aromatic N) is 2. The summed E-state index contributed by atoms with van der Waals surface area (Å²) < 4.78 is 5.37. The summed E-state index contributed by atoms with van der Waals surface area (Å²) in [5.41, 5.74) is 2.62. The van der Waals surface area contributed by atoms with E-state index in [1.54, 1.807) is 6.26 Å². The number of H-pyrrole nitrogens is 1. The van der Waals surface area contributed by atoms with Crippen LogP contribution < -0.4 is 5.32 Å². The van der Waals surface area contributed by atoms with E-state index in [4.69, 9.17) is 4.42 Å². The van der Waals surface area contributed by atoms with Crippen molar-refractivity contribution in [1.29, 1.82) is 0 Å². The first kappa shape index (κ1) is 18.4. The molecule has 4 rings (SSSR count). The quantitative estimate of drug-likeness (QED) is 0.475. The lowest BCUT2D eigenvalue weighted by atomic mass is 10.0. The Morgan fingerprint density at radius 2 is 2.07 bits per heavy atom. The Kier molecular flexibility index (Phi) is 5.25. The second kappa shape index (κ2) is 7.98. The number of benzene rings is 1. The van der Waals surface area contributed by atoms with Gasteiger partial charge < -0.3 is 14.7 Å². The van der Waals surface area contributed by atoms with Crippen LogP contribution in [0.1, 0.15) is 37.8 Å². The van der Waals surface area contributed by atoms with Gasteiger partial charge in [-0.25, -0.2) is 9.97 Å². The second-order valence-corrected chi connectivity index (χ2v) is 8.05. The Morgan fingerprint density at radius 3 is 2.82 bits per heavy atom. The van der Waals surface area contributed by atoms with Crippen LogP contribution in [-0.2, 0) is 11.2 Å². The number of carbonyl (C=O) groups is 1. The van der Waals surface area contributed by atoms with E-state index in [9.17, 15) is 4.79 Å². The molecular weight excluding hydrogens is 372 g/mol. The summed E-state index contributed by atoms with van der Waals surface area (Å²) in [5, 5.41) is 5.81. The van der Waals surface area contributed by atoms with Crippen molar-refractivity contribution < 1.29 is 9.21 Å². The average molecular weight is 395 g/mol. The third kappa shape index (κ3) is 4.14. The predicted molar refractivity (Wildman–Crippen MR) is 110 cm³/mol. The fourth-order valence-electron chi connectivity index (χ4n) is 3.16. The number of amides is 1. The lowest BCUT2D eigenvalue weighted by Crippen LogP contribution is -2.31. The molecule has 0 bridgehead atoms. The highest BCUT2D eigenvalue weighted by Crippen LogP contribution is 2.25. The maximum Gasteiger partial charge on any atom is 0.226 e. The molecule has 0 spiro atoms. The van der Waals surface area contributed by atoms with Crippen LogP contribution in [0.2, 0.25) is 0 Å². The minimum Gasteiger partial charge on any atom is -0.462 e. The maximum absolute atomic E-state index is 12.7. The molecule has 1 amide bonds. The van der Waals surface area contributed by atoms with Crippen LogP contribution in [0.25, 0.3) is 21.8 Å². The van der Waals surface area contributed by atoms with E-state index in [1.165, 1.54) is 11.3 Å². The van der Waals surface area contributed by atoms with Crippen molar-refractivity contribution in [3.8, 4) is 10.8 Å². The highest BCUT2D eigenvalue weighted by atomic mass is 32.1. The number of imidazole rings is 1. The minimum absolute atomic E-state index is 0.0672. The number of para-hydroxylation sites is 2. The van der Waals surface area contributed by atoms with E-state index in [0.29, 0.717) is 5.92 Å². The van der Waals surface area contributed by atoms with Crippen molar-refractivity contribution in [2.45, 2.75) is 32.7 Å². The first-order valence-corrected chi connectivity index (χ1v) is 10.2. The molecule has 1 atom stereocenters. The maximum atomic E-state index is 12.7. The fourth-order valence-corrected chi connectivity index (χ4v) is 3.95. The molecular formula is C21H22N4O2S. The second-order valence-electron chi connectivity index (χ2n) is 7.19. The Labute approximate surface area is 167 Å². The van der Waals surface area contributed by atoms with Crippen LogP contribution in [0.5, 0.6) is 0 Å². The van der Waals surface area contributed by atoms with Gasteiger partial charge in [-0.05, 0) is 36.6 Å². The van der Waals surface area contributed by atoms with Gasteiger partial charge in [0.15, 0.2) is 10.8 Å². The topological polar surface area (TPSA) is 83.8 Å². The van der Waals surface area contributed by atoms with Crippen molar-refractivity contribution >= 4 is 28.3 Å². The Hall–Kier alpha value is -2.93. The lowest BCUT2D eigenvalue weighted by Gasteiger charge is -2.18. The summed E-state index contributed by atoms with van der Waals surface area (Å²) in [6, 6.07) is 11.4. The molecule has 3 heterocycles. The van der Waals surface area contributed by atoms with Gasteiger partial charge in [-0.2, -0.15) is 0 Å². The van der Waals surface area contributed by atoms with Gasteiger partial charge in [0.2, 0.25) is 5.91 Å². The van der Waals surface area contributed by atoms with Gasteiger partial charge in [-0.1, -0.05) is 26.0 Å². The smallest absolute Gasteiger partial charge is 0.226 e. The van der Waals surface area contributed by atoms with Crippen LogP contribution in [-0.4, -0.2) is 20.9 Å². The van der Waals surface area contributed by atoms with Gasteiger partial charge in [0, 0.05) is 5.38 Å². The van der Waals surface area contributed by atoms with Crippen LogP contribution in [0.4, 0.5) is 0 Å². The van der Waals surface area contributed by atoms with Gasteiger partial charge in [0.25, 0.3) is 0 Å². The number of aromatic amines is 1. The molecule has 144 valence electrons. The molecule has 0 aliphatic heterocycles. The number of rotatable bonds is 7. The molecule has 28 heavy (non-hydrogen) atoms. The largest absolute Gasteiger partial charge is 0.462 e. The monoisotopic (exact) mass is 394 g/mol. The number of hydrogen-bond donors (Lipinski definition) is 2. The lowest BCUT2D eigenvalue weighted by molar-refractivity contribution is -0.121. The molecule has 1 unspecified atom stereocenters. The molecule has 0 radical (unpaired) electrons. The van der Waals surface area contributed by atoms with Crippen LogP contribution in [0.15, 0.2) is 52.5 Å². The van der Waals surface area contributed by atoms with Gasteiger partial charge in [0.1, 0.15) is 5.82 Å². The number of nitrogens with one attached hydrogen (secondary N) is 2. The highest BCUT2D eigenvalue weighted by molar-refractivity contribution is 7.13. The third-order valence-electron chi connectivity index (χ3n) is 4.41. The van der Waals surface area contributed by atoms with E-state index in [0.717, 1.165) is 39.7 Å². The molecule has 7 heteroatoms. The third-order valence-corrected chi connectivity index (χ3v) is 5.31. The predicted octanol–water partition coefficient (Wildman–Crippen LogP) is 4.73. The van der Waals surface area contributed by atoms with Crippen molar-refractivity contribution in [2.24, 2.45) is 5.92 Å². The van der Waals surface area contributed by atoms with Crippen LogP contribution in [0.3, 0.4) is 0 Å². The summed E-state index contributed by atoms with van der Waals surface area (Å²) in [5.74, 6) is 1.86. The molecule has 0 saturated heterocycles. The van der Waals surface area contributed by atoms with Crippen LogP contribution in [0, 0.1) is 5.92 Å². The van der Waals surface area contributed by atoms with Gasteiger partial charge in [0.05, 0.1) is 35.5 Å². The van der Waals surface area contributed by atoms with Gasteiger partial charge in [-0.15, -0.1) is 11.3 Å². The standard InChI is InChI=1S/C21H22N4O2S/c1-13(2)10-17(20-24-15-6-3-4-7-16(15)25-20)23-19(26)11-14-12-28-21(22-14)18-8-5-9-27-18/h3-9,12-13,17H,10-11H2,1-2H3,(H,23,26)(H,24,25). The van der Waals surface area contributed by atoms with Crippen molar-refractivity contribution in [3.63, 3.8) is 0 Å². The normalized spacial score (nSPS) is 12.5. The Morgan fingerprint density at radius 1 is 1.21 bits per heavy atom. The molecule has 0 saturated carbocycles. The SMILES string of the molecule is CC(C)CC(NC(=O)Cc1csc(-c2ccco2)n1)c1nc2ccccc2[nH]1. The summed E-state index contributed by atoms with van der Waals surface area (Å²) in [6.07, 6.45) is 2.65. The molecule has 6 nitrogen and oxygen atoms in total. The van der Waals surface area contributed by atoms with Crippen LogP contribution >= 0.6 is 11.3 Å². The number of aromatic nitrogens is 3. The van der Waals surface area contributed by atoms with Gasteiger partial charge >= 0.3 is 0 Å². The number of carbonyl (C=O) groups excluding carboxylic acids is 1. The molecule has 0 aliphatic rings. The minimum atomic E-state index is -0.164. The van der Waals surface area contributed by atoms with Crippen molar-refractivity contribution in [1.82, 2.24) is 20.3 Å². The number of thiazole rings is 1. The molecule has 0 fully saturated rings. The molecule has 4 aromatic rings. The van der Waals surface area contributed by atoms with Gasteiger partial charge in [-0.3, -0.25) is 4.79 Å². The van der Waals surface area contributed by atoms with Crippen molar-refractivity contribution in [2.75, 3.05) is 0 Å². The molecule has 3 aromatic heterocycles. The average Bonchev–Trinajstić information content (AvgIpc) is 3.40. The van der Waals surface area contributed by atoms with E-state index >= 15 is 0 Å². The van der Waals surface area contributed by atoms with E-state index < -0.39 is 0 Å². The Bertz CT molecular complexity index is 1030. The molecule has 2 N–H and O–H groups in total. The first-order valence-electron chi connectivity index (χ1n) is 9.31. The zero-order valence-electron chi connectivity index (χ0n) is 15.8. The zero-order chi connectivity index (χ0) is 19.5. The number of hydrogen-bond acceptors (Lipinski definition) is 5.